The molecule has 2 heterocycles. The van der Waals surface area contributed by atoms with Crippen molar-refractivity contribution in [3.8, 4) is 0 Å². The molecule has 0 fully saturated rings. The van der Waals surface area contributed by atoms with Gasteiger partial charge in [0.05, 0.1) is 12.2 Å². The Morgan fingerprint density at radius 2 is 2.17 bits per heavy atom. The Bertz CT molecular complexity index is 608. The Labute approximate surface area is 165 Å². The van der Waals surface area contributed by atoms with Crippen LogP contribution in [0, 0.1) is 0 Å². The van der Waals surface area contributed by atoms with Gasteiger partial charge in [0.1, 0.15) is 0 Å². The molecular formula is C17H27IN4OS. The second kappa shape index (κ2) is 10.7. The predicted octanol–water partition coefficient (Wildman–Crippen LogP) is 4.47. The van der Waals surface area contributed by atoms with Crippen molar-refractivity contribution in [3.63, 3.8) is 0 Å². The molecule has 1 N–H and O–H groups in total. The van der Waals surface area contributed by atoms with Gasteiger partial charge in [-0.25, -0.2) is 0 Å². The topological polar surface area (TPSA) is 53.7 Å². The van der Waals surface area contributed by atoms with Crippen LogP contribution in [0.1, 0.15) is 49.6 Å². The second-order valence-electron chi connectivity index (χ2n) is 5.62. The SMILES string of the molecule is CCC(CC)c1cc(CNC(=NC)N(C)Cc2ccsc2)on1.I. The fraction of sp³-hybridized carbons (Fsp3) is 0.529. The summed E-state index contributed by atoms with van der Waals surface area (Å²) in [6.45, 7) is 5.79. The molecular weight excluding hydrogens is 435 g/mol. The molecule has 0 amide bonds. The molecule has 0 saturated heterocycles. The molecule has 7 heteroatoms. The summed E-state index contributed by atoms with van der Waals surface area (Å²) >= 11 is 1.71. The highest BCUT2D eigenvalue weighted by atomic mass is 127. The molecule has 5 nitrogen and oxygen atoms in total. The van der Waals surface area contributed by atoms with Gasteiger partial charge >= 0.3 is 0 Å². The molecule has 0 aliphatic carbocycles. The molecule has 2 aromatic rings. The maximum atomic E-state index is 5.45. The van der Waals surface area contributed by atoms with E-state index in [1.807, 2.05) is 7.05 Å². The molecule has 0 atom stereocenters. The zero-order valence-electron chi connectivity index (χ0n) is 14.8. The minimum atomic E-state index is 0. The van der Waals surface area contributed by atoms with E-state index in [9.17, 15) is 0 Å². The van der Waals surface area contributed by atoms with Crippen molar-refractivity contribution in [1.29, 1.82) is 0 Å². The summed E-state index contributed by atoms with van der Waals surface area (Å²) in [4.78, 5) is 6.43. The van der Waals surface area contributed by atoms with Gasteiger partial charge in [-0.15, -0.1) is 24.0 Å². The van der Waals surface area contributed by atoms with Crippen molar-refractivity contribution >= 4 is 41.3 Å². The van der Waals surface area contributed by atoms with E-state index < -0.39 is 0 Å². The third-order valence-corrected chi connectivity index (χ3v) is 4.71. The van der Waals surface area contributed by atoms with Crippen molar-refractivity contribution in [2.45, 2.75) is 45.7 Å². The monoisotopic (exact) mass is 462 g/mol. The van der Waals surface area contributed by atoms with Gasteiger partial charge in [-0.2, -0.15) is 11.3 Å². The fourth-order valence-electron chi connectivity index (χ4n) is 2.59. The molecule has 0 bridgehead atoms. The number of halogens is 1. The second-order valence-corrected chi connectivity index (χ2v) is 6.40. The lowest BCUT2D eigenvalue weighted by atomic mass is 9.99. The summed E-state index contributed by atoms with van der Waals surface area (Å²) < 4.78 is 5.45. The third kappa shape index (κ3) is 5.77. The van der Waals surface area contributed by atoms with E-state index >= 15 is 0 Å². The number of hydrogen-bond acceptors (Lipinski definition) is 4. The number of aliphatic imine (C=N–C) groups is 1. The van der Waals surface area contributed by atoms with E-state index in [1.165, 1.54) is 5.56 Å². The van der Waals surface area contributed by atoms with Crippen molar-refractivity contribution in [1.82, 2.24) is 15.4 Å². The maximum absolute atomic E-state index is 5.45. The number of aromatic nitrogens is 1. The van der Waals surface area contributed by atoms with Crippen LogP contribution in [0.15, 0.2) is 32.4 Å². The quantitative estimate of drug-likeness (QED) is 0.375. The van der Waals surface area contributed by atoms with Crippen LogP contribution in [0.25, 0.3) is 0 Å². The molecule has 0 unspecified atom stereocenters. The van der Waals surface area contributed by atoms with Crippen LogP contribution in [0.3, 0.4) is 0 Å². The summed E-state index contributed by atoms with van der Waals surface area (Å²) in [5, 5.41) is 11.8. The van der Waals surface area contributed by atoms with E-state index in [1.54, 1.807) is 18.4 Å². The Kier molecular flexibility index (Phi) is 9.35. The van der Waals surface area contributed by atoms with Crippen LogP contribution >= 0.6 is 35.3 Å². The lowest BCUT2D eigenvalue weighted by molar-refractivity contribution is 0.365. The zero-order valence-corrected chi connectivity index (χ0v) is 17.9. The predicted molar refractivity (Wildman–Crippen MR) is 111 cm³/mol. The Morgan fingerprint density at radius 3 is 2.75 bits per heavy atom. The first-order chi connectivity index (χ1) is 11.2. The van der Waals surface area contributed by atoms with Crippen LogP contribution < -0.4 is 5.32 Å². The first-order valence-corrected chi connectivity index (χ1v) is 9.00. The van der Waals surface area contributed by atoms with Crippen molar-refractivity contribution in [2.75, 3.05) is 14.1 Å². The van der Waals surface area contributed by atoms with E-state index in [4.69, 9.17) is 4.52 Å². The Morgan fingerprint density at radius 1 is 1.42 bits per heavy atom. The van der Waals surface area contributed by atoms with Gasteiger partial charge in [0, 0.05) is 32.6 Å². The molecule has 134 valence electrons. The molecule has 0 spiro atoms. The van der Waals surface area contributed by atoms with Crippen LogP contribution in [-0.2, 0) is 13.1 Å². The Hall–Kier alpha value is -1.09. The first-order valence-electron chi connectivity index (χ1n) is 8.06. The minimum absolute atomic E-state index is 0. The number of hydrogen-bond donors (Lipinski definition) is 1. The number of guanidine groups is 1. The lowest BCUT2D eigenvalue weighted by Gasteiger charge is -2.21. The third-order valence-electron chi connectivity index (χ3n) is 3.98. The highest BCUT2D eigenvalue weighted by Crippen LogP contribution is 2.22. The largest absolute Gasteiger partial charge is 0.359 e. The smallest absolute Gasteiger partial charge is 0.194 e. The summed E-state index contributed by atoms with van der Waals surface area (Å²) in [7, 11) is 3.82. The highest BCUT2D eigenvalue weighted by molar-refractivity contribution is 14.0. The normalized spacial score (nSPS) is 11.5. The van der Waals surface area contributed by atoms with E-state index in [2.05, 4.69) is 57.1 Å². The Balaban J connectivity index is 0.00000288. The number of thiophene rings is 1. The molecule has 0 radical (unpaired) electrons. The van der Waals surface area contributed by atoms with Crippen LogP contribution in [-0.4, -0.2) is 30.1 Å². The van der Waals surface area contributed by atoms with Gasteiger partial charge in [0.2, 0.25) is 0 Å². The molecule has 0 saturated carbocycles. The molecule has 2 aromatic heterocycles. The van der Waals surface area contributed by atoms with Crippen molar-refractivity contribution in [3.05, 3.63) is 39.9 Å². The number of nitrogens with zero attached hydrogens (tertiary/aromatic N) is 3. The standard InChI is InChI=1S/C17H26N4OS.HI/c1-5-14(6-2)16-9-15(22-20-16)10-19-17(18-3)21(4)11-13-7-8-23-12-13;/h7-9,12,14H,5-6,10-11H2,1-4H3,(H,18,19);1H. The highest BCUT2D eigenvalue weighted by Gasteiger charge is 2.14. The van der Waals surface area contributed by atoms with E-state index in [0.29, 0.717) is 12.5 Å². The van der Waals surface area contributed by atoms with Gasteiger partial charge < -0.3 is 14.7 Å². The van der Waals surface area contributed by atoms with E-state index in [-0.39, 0.29) is 24.0 Å². The molecule has 0 aromatic carbocycles. The van der Waals surface area contributed by atoms with Gasteiger partial charge in [0.25, 0.3) is 0 Å². The van der Waals surface area contributed by atoms with Crippen LogP contribution in [0.4, 0.5) is 0 Å². The van der Waals surface area contributed by atoms with Crippen molar-refractivity contribution in [2.24, 2.45) is 4.99 Å². The average molecular weight is 462 g/mol. The van der Waals surface area contributed by atoms with Gasteiger partial charge in [-0.3, -0.25) is 4.99 Å². The maximum Gasteiger partial charge on any atom is 0.194 e. The van der Waals surface area contributed by atoms with Gasteiger partial charge in [-0.1, -0.05) is 19.0 Å². The lowest BCUT2D eigenvalue weighted by Crippen LogP contribution is -2.37. The average Bonchev–Trinajstić information content (AvgIpc) is 3.21. The van der Waals surface area contributed by atoms with E-state index in [0.717, 1.165) is 36.8 Å². The zero-order chi connectivity index (χ0) is 16.7. The summed E-state index contributed by atoms with van der Waals surface area (Å²) in [5.74, 6) is 2.17. The van der Waals surface area contributed by atoms with Crippen LogP contribution in [0.5, 0.6) is 0 Å². The molecule has 0 aliphatic heterocycles. The minimum Gasteiger partial charge on any atom is -0.359 e. The summed E-state index contributed by atoms with van der Waals surface area (Å²) in [5.41, 5.74) is 2.34. The number of rotatable bonds is 7. The van der Waals surface area contributed by atoms with Gasteiger partial charge in [-0.05, 0) is 35.2 Å². The first kappa shape index (κ1) is 21.0. The molecule has 0 aliphatic rings. The summed E-state index contributed by atoms with van der Waals surface area (Å²) in [6, 6.07) is 4.18. The fourth-order valence-corrected chi connectivity index (χ4v) is 3.25. The van der Waals surface area contributed by atoms with Crippen LogP contribution in [0.2, 0.25) is 0 Å². The van der Waals surface area contributed by atoms with Gasteiger partial charge in [0.15, 0.2) is 11.7 Å². The molecule has 24 heavy (non-hydrogen) atoms. The van der Waals surface area contributed by atoms with Crippen molar-refractivity contribution < 1.29 is 4.52 Å². The summed E-state index contributed by atoms with van der Waals surface area (Å²) in [6.07, 6.45) is 2.17. The number of nitrogens with one attached hydrogen (secondary N) is 1. The molecule has 2 rings (SSSR count).